The molecule has 25 heavy (non-hydrogen) atoms. The number of nitrogens with one attached hydrogen (secondary N) is 1. The summed E-state index contributed by atoms with van der Waals surface area (Å²) < 4.78 is 11.4. The van der Waals surface area contributed by atoms with E-state index >= 15 is 0 Å². The van der Waals surface area contributed by atoms with Gasteiger partial charge in [-0.05, 0) is 56.8 Å². The molecule has 0 spiro atoms. The Labute approximate surface area is 151 Å². The van der Waals surface area contributed by atoms with E-state index in [-0.39, 0.29) is 6.04 Å². The van der Waals surface area contributed by atoms with E-state index in [4.69, 9.17) is 9.15 Å². The van der Waals surface area contributed by atoms with Gasteiger partial charge in [-0.25, -0.2) is 0 Å². The highest BCUT2D eigenvalue weighted by Crippen LogP contribution is 2.28. The van der Waals surface area contributed by atoms with Crippen molar-refractivity contribution in [2.45, 2.75) is 31.7 Å². The summed E-state index contributed by atoms with van der Waals surface area (Å²) in [7, 11) is 3.90. The minimum absolute atomic E-state index is 0.258. The van der Waals surface area contributed by atoms with Crippen LogP contribution >= 0.6 is 0 Å². The van der Waals surface area contributed by atoms with Crippen LogP contribution in [0.2, 0.25) is 0 Å². The van der Waals surface area contributed by atoms with Crippen LogP contribution in [0.25, 0.3) is 0 Å². The molecule has 0 amide bonds. The van der Waals surface area contributed by atoms with Crippen molar-refractivity contribution in [2.24, 2.45) is 10.9 Å². The molecule has 1 saturated carbocycles. The molecule has 1 atom stereocenters. The molecule has 2 aliphatic rings. The second-order valence-corrected chi connectivity index (χ2v) is 7.14. The fourth-order valence-corrected chi connectivity index (χ4v) is 3.36. The number of ether oxygens (including phenoxy) is 1. The first-order valence-electron chi connectivity index (χ1n) is 9.55. The molecule has 2 fully saturated rings. The van der Waals surface area contributed by atoms with E-state index in [1.807, 2.05) is 13.1 Å². The lowest BCUT2D eigenvalue weighted by Crippen LogP contribution is -2.44. The van der Waals surface area contributed by atoms with Crippen LogP contribution in [0.1, 0.15) is 37.5 Å². The highest BCUT2D eigenvalue weighted by molar-refractivity contribution is 5.79. The Bertz CT molecular complexity index is 522. The first-order valence-corrected chi connectivity index (χ1v) is 9.55. The molecule has 0 aromatic carbocycles. The van der Waals surface area contributed by atoms with Crippen molar-refractivity contribution in [3.8, 4) is 0 Å². The van der Waals surface area contributed by atoms with Crippen molar-refractivity contribution >= 4 is 5.96 Å². The zero-order valence-corrected chi connectivity index (χ0v) is 15.6. The molecule has 3 rings (SSSR count). The number of hydrogen-bond donors (Lipinski definition) is 1. The summed E-state index contributed by atoms with van der Waals surface area (Å²) >= 11 is 0. The van der Waals surface area contributed by atoms with Crippen LogP contribution in [0.3, 0.4) is 0 Å². The molecule has 1 aliphatic heterocycles. The maximum Gasteiger partial charge on any atom is 0.193 e. The SMILES string of the molecule is CN=C(NCC(c1ccco1)N1CCCC1)N(C)CCOCC1CC1. The first-order chi connectivity index (χ1) is 12.3. The van der Waals surface area contributed by atoms with Gasteiger partial charge in [-0.15, -0.1) is 0 Å². The van der Waals surface area contributed by atoms with Crippen LogP contribution in [0, 0.1) is 5.92 Å². The molecule has 1 N–H and O–H groups in total. The fraction of sp³-hybridized carbons (Fsp3) is 0.737. The minimum atomic E-state index is 0.258. The maximum absolute atomic E-state index is 5.74. The second kappa shape index (κ2) is 9.25. The zero-order chi connectivity index (χ0) is 17.5. The Kier molecular flexibility index (Phi) is 6.76. The van der Waals surface area contributed by atoms with Crippen LogP contribution in [-0.2, 0) is 4.74 Å². The zero-order valence-electron chi connectivity index (χ0n) is 15.6. The largest absolute Gasteiger partial charge is 0.468 e. The number of nitrogens with zero attached hydrogens (tertiary/aromatic N) is 3. The van der Waals surface area contributed by atoms with E-state index < -0.39 is 0 Å². The molecule has 0 bridgehead atoms. The average molecular weight is 348 g/mol. The lowest BCUT2D eigenvalue weighted by molar-refractivity contribution is 0.115. The highest BCUT2D eigenvalue weighted by Gasteiger charge is 2.26. The molecular weight excluding hydrogens is 316 g/mol. The van der Waals surface area contributed by atoms with Crippen molar-refractivity contribution in [1.29, 1.82) is 0 Å². The molecule has 6 heteroatoms. The molecule has 0 radical (unpaired) electrons. The molecule has 1 aromatic rings. The van der Waals surface area contributed by atoms with Crippen molar-refractivity contribution in [2.75, 3.05) is 53.5 Å². The lowest BCUT2D eigenvalue weighted by atomic mass is 10.2. The number of guanidine groups is 1. The molecular formula is C19H32N4O2. The van der Waals surface area contributed by atoms with Gasteiger partial charge in [-0.3, -0.25) is 9.89 Å². The van der Waals surface area contributed by atoms with Gasteiger partial charge in [0.1, 0.15) is 5.76 Å². The fourth-order valence-electron chi connectivity index (χ4n) is 3.36. The second-order valence-electron chi connectivity index (χ2n) is 7.14. The smallest absolute Gasteiger partial charge is 0.193 e. The Morgan fingerprint density at radius 2 is 2.24 bits per heavy atom. The van der Waals surface area contributed by atoms with Gasteiger partial charge >= 0.3 is 0 Å². The van der Waals surface area contributed by atoms with E-state index in [0.717, 1.165) is 57.0 Å². The Morgan fingerprint density at radius 3 is 2.88 bits per heavy atom. The topological polar surface area (TPSA) is 53.2 Å². The van der Waals surface area contributed by atoms with Crippen LogP contribution < -0.4 is 5.32 Å². The van der Waals surface area contributed by atoms with E-state index in [0.29, 0.717) is 0 Å². The van der Waals surface area contributed by atoms with Crippen LogP contribution in [0.5, 0.6) is 0 Å². The third-order valence-electron chi connectivity index (χ3n) is 5.10. The normalized spacial score (nSPS) is 20.0. The lowest BCUT2D eigenvalue weighted by Gasteiger charge is -2.28. The molecule has 6 nitrogen and oxygen atoms in total. The number of furan rings is 1. The first kappa shape index (κ1) is 18.3. The molecule has 1 aromatic heterocycles. The van der Waals surface area contributed by atoms with Gasteiger partial charge in [0.05, 0.1) is 18.9 Å². The Morgan fingerprint density at radius 1 is 1.44 bits per heavy atom. The summed E-state index contributed by atoms with van der Waals surface area (Å²) in [4.78, 5) is 9.05. The summed E-state index contributed by atoms with van der Waals surface area (Å²) in [5, 5.41) is 3.52. The van der Waals surface area contributed by atoms with Gasteiger partial charge in [0.15, 0.2) is 5.96 Å². The van der Waals surface area contributed by atoms with Crippen LogP contribution in [0.4, 0.5) is 0 Å². The van der Waals surface area contributed by atoms with Crippen molar-refractivity contribution < 1.29 is 9.15 Å². The third-order valence-corrected chi connectivity index (χ3v) is 5.10. The van der Waals surface area contributed by atoms with Gasteiger partial charge < -0.3 is 19.4 Å². The van der Waals surface area contributed by atoms with Crippen molar-refractivity contribution in [3.63, 3.8) is 0 Å². The number of rotatable bonds is 9. The van der Waals surface area contributed by atoms with Crippen molar-refractivity contribution in [1.82, 2.24) is 15.1 Å². The summed E-state index contributed by atoms with van der Waals surface area (Å²) in [6, 6.07) is 4.30. The van der Waals surface area contributed by atoms with Gasteiger partial charge in [-0.2, -0.15) is 0 Å². The summed E-state index contributed by atoms with van der Waals surface area (Å²) in [5.74, 6) is 2.75. The Hall–Kier alpha value is -1.53. The Balaban J connectivity index is 1.47. The number of aliphatic imine (C=N–C) groups is 1. The number of hydrogen-bond acceptors (Lipinski definition) is 4. The number of likely N-dealkylation sites (N-methyl/N-ethyl adjacent to an activating group) is 1. The minimum Gasteiger partial charge on any atom is -0.468 e. The average Bonchev–Trinajstić information content (AvgIpc) is 3.07. The molecule has 1 aliphatic carbocycles. The van der Waals surface area contributed by atoms with E-state index in [9.17, 15) is 0 Å². The van der Waals surface area contributed by atoms with Crippen LogP contribution in [-0.4, -0.2) is 69.2 Å². The monoisotopic (exact) mass is 348 g/mol. The quantitative estimate of drug-likeness (QED) is 0.422. The number of likely N-dealkylation sites (tertiary alicyclic amines) is 1. The van der Waals surface area contributed by atoms with Gasteiger partial charge in [0.25, 0.3) is 0 Å². The predicted molar refractivity (Wildman–Crippen MR) is 99.8 cm³/mol. The van der Waals surface area contributed by atoms with E-state index in [1.165, 1.54) is 25.7 Å². The highest BCUT2D eigenvalue weighted by atomic mass is 16.5. The van der Waals surface area contributed by atoms with E-state index in [1.54, 1.807) is 6.26 Å². The van der Waals surface area contributed by atoms with Gasteiger partial charge in [-0.1, -0.05) is 0 Å². The summed E-state index contributed by atoms with van der Waals surface area (Å²) in [5.41, 5.74) is 0. The van der Waals surface area contributed by atoms with Gasteiger partial charge in [0.2, 0.25) is 0 Å². The maximum atomic E-state index is 5.74. The molecule has 1 saturated heterocycles. The summed E-state index contributed by atoms with van der Waals surface area (Å²) in [6.07, 6.45) is 6.97. The molecule has 2 heterocycles. The van der Waals surface area contributed by atoms with Crippen molar-refractivity contribution in [3.05, 3.63) is 24.2 Å². The predicted octanol–water partition coefficient (Wildman–Crippen LogP) is 2.35. The third kappa shape index (κ3) is 5.47. The van der Waals surface area contributed by atoms with Gasteiger partial charge in [0, 0.05) is 33.8 Å². The standard InChI is InChI=1S/C19H32N4O2/c1-20-19(22(2)11-13-24-15-16-7-8-16)21-14-17(18-6-5-12-25-18)23-9-3-4-10-23/h5-6,12,16-17H,3-4,7-11,13-15H2,1-2H3,(H,20,21). The van der Waals surface area contributed by atoms with E-state index in [2.05, 4.69) is 33.2 Å². The van der Waals surface area contributed by atoms with Crippen LogP contribution in [0.15, 0.2) is 27.8 Å². The molecule has 1 unspecified atom stereocenters. The molecule has 140 valence electrons. The summed E-state index contributed by atoms with van der Waals surface area (Å²) in [6.45, 7) is 5.58.